The SMILES string of the molecule is CC1(C)C[C@H](C=O)CC2C1=Cc1ccccc12. The smallest absolute Gasteiger partial charge is 0.123 e. The van der Waals surface area contributed by atoms with Gasteiger partial charge >= 0.3 is 0 Å². The molecule has 1 aromatic rings. The molecule has 17 heavy (non-hydrogen) atoms. The Morgan fingerprint density at radius 2 is 2.06 bits per heavy atom. The lowest BCUT2D eigenvalue weighted by Crippen LogP contribution is -2.29. The number of hydrogen-bond donors (Lipinski definition) is 0. The van der Waals surface area contributed by atoms with Gasteiger partial charge in [-0.2, -0.15) is 0 Å². The van der Waals surface area contributed by atoms with Crippen molar-refractivity contribution >= 4 is 12.4 Å². The van der Waals surface area contributed by atoms with E-state index in [1.54, 1.807) is 0 Å². The Labute approximate surface area is 103 Å². The molecule has 88 valence electrons. The van der Waals surface area contributed by atoms with E-state index in [4.69, 9.17) is 0 Å². The van der Waals surface area contributed by atoms with Crippen molar-refractivity contribution in [1.29, 1.82) is 0 Å². The Hall–Kier alpha value is -1.37. The average molecular weight is 226 g/mol. The zero-order chi connectivity index (χ0) is 12.0. The summed E-state index contributed by atoms with van der Waals surface area (Å²) >= 11 is 0. The minimum atomic E-state index is 0.160. The number of aldehydes is 1. The predicted molar refractivity (Wildman–Crippen MR) is 69.7 cm³/mol. The molecule has 0 amide bonds. The first kappa shape index (κ1) is 10.8. The summed E-state index contributed by atoms with van der Waals surface area (Å²) in [7, 11) is 0. The Bertz CT molecular complexity index is 496. The highest BCUT2D eigenvalue weighted by atomic mass is 16.1. The molecule has 1 heteroatoms. The van der Waals surface area contributed by atoms with Crippen LogP contribution in [0.4, 0.5) is 0 Å². The largest absolute Gasteiger partial charge is 0.303 e. The number of fused-ring (bicyclic) bond motifs is 3. The number of rotatable bonds is 1. The molecule has 2 atom stereocenters. The topological polar surface area (TPSA) is 17.1 Å². The molecular formula is C16H18O. The molecular weight excluding hydrogens is 208 g/mol. The molecule has 0 spiro atoms. The van der Waals surface area contributed by atoms with Crippen LogP contribution in [0.15, 0.2) is 29.8 Å². The minimum Gasteiger partial charge on any atom is -0.303 e. The lowest BCUT2D eigenvalue weighted by Gasteiger charge is -2.39. The lowest BCUT2D eigenvalue weighted by atomic mass is 9.64. The molecule has 3 rings (SSSR count). The molecule has 0 radical (unpaired) electrons. The third-order valence-corrected chi connectivity index (χ3v) is 4.34. The molecule has 0 heterocycles. The standard InChI is InChI=1S/C16H18O/c1-16(2)9-11(10-17)7-14-13-6-4-3-5-12(13)8-15(14)16/h3-6,8,10-11,14H,7,9H2,1-2H3/t11-,14?/m1/s1. The fraction of sp³-hybridized carbons (Fsp3) is 0.438. The summed E-state index contributed by atoms with van der Waals surface area (Å²) in [5, 5.41) is 0. The van der Waals surface area contributed by atoms with Crippen LogP contribution in [0.2, 0.25) is 0 Å². The quantitative estimate of drug-likeness (QED) is 0.666. The Balaban J connectivity index is 2.08. The van der Waals surface area contributed by atoms with Crippen LogP contribution in [0.3, 0.4) is 0 Å². The zero-order valence-corrected chi connectivity index (χ0v) is 10.4. The van der Waals surface area contributed by atoms with Gasteiger partial charge in [-0.25, -0.2) is 0 Å². The number of carbonyl (C=O) groups excluding carboxylic acids is 1. The van der Waals surface area contributed by atoms with Crippen LogP contribution in [0, 0.1) is 11.3 Å². The summed E-state index contributed by atoms with van der Waals surface area (Å²) in [4.78, 5) is 11.1. The fourth-order valence-electron chi connectivity index (χ4n) is 3.58. The molecule has 0 bridgehead atoms. The van der Waals surface area contributed by atoms with E-state index < -0.39 is 0 Å². The monoisotopic (exact) mass is 226 g/mol. The number of carbonyl (C=O) groups is 1. The maximum Gasteiger partial charge on any atom is 0.123 e. The van der Waals surface area contributed by atoms with Gasteiger partial charge in [0.25, 0.3) is 0 Å². The summed E-state index contributed by atoms with van der Waals surface area (Å²) in [5.41, 5.74) is 4.46. The van der Waals surface area contributed by atoms with Crippen LogP contribution in [-0.4, -0.2) is 6.29 Å². The average Bonchev–Trinajstić information content (AvgIpc) is 2.68. The van der Waals surface area contributed by atoms with Crippen LogP contribution in [0.25, 0.3) is 6.08 Å². The van der Waals surface area contributed by atoms with Gasteiger partial charge < -0.3 is 4.79 Å². The fourth-order valence-corrected chi connectivity index (χ4v) is 3.58. The van der Waals surface area contributed by atoms with Crippen molar-refractivity contribution < 1.29 is 4.79 Å². The predicted octanol–water partition coefficient (Wildman–Crippen LogP) is 3.80. The van der Waals surface area contributed by atoms with Crippen molar-refractivity contribution in [2.75, 3.05) is 0 Å². The highest BCUT2D eigenvalue weighted by molar-refractivity contribution is 5.69. The summed E-state index contributed by atoms with van der Waals surface area (Å²) < 4.78 is 0. The van der Waals surface area contributed by atoms with E-state index in [1.807, 2.05) is 0 Å². The van der Waals surface area contributed by atoms with Gasteiger partial charge in [-0.05, 0) is 29.4 Å². The van der Waals surface area contributed by atoms with Gasteiger partial charge in [-0.3, -0.25) is 0 Å². The van der Waals surface area contributed by atoms with Gasteiger partial charge in [0.05, 0.1) is 0 Å². The summed E-state index contributed by atoms with van der Waals surface area (Å²) in [6.45, 7) is 4.54. The molecule has 2 aliphatic carbocycles. The highest BCUT2D eigenvalue weighted by Gasteiger charge is 2.41. The van der Waals surface area contributed by atoms with E-state index in [9.17, 15) is 4.79 Å². The van der Waals surface area contributed by atoms with Crippen molar-refractivity contribution in [3.8, 4) is 0 Å². The van der Waals surface area contributed by atoms with Crippen molar-refractivity contribution in [3.63, 3.8) is 0 Å². The van der Waals surface area contributed by atoms with Gasteiger partial charge in [0.2, 0.25) is 0 Å². The first-order valence-electron chi connectivity index (χ1n) is 6.38. The van der Waals surface area contributed by atoms with Gasteiger partial charge in [0, 0.05) is 11.8 Å². The van der Waals surface area contributed by atoms with E-state index in [1.165, 1.54) is 16.7 Å². The minimum absolute atomic E-state index is 0.160. The highest BCUT2D eigenvalue weighted by Crippen LogP contribution is 2.54. The van der Waals surface area contributed by atoms with Gasteiger partial charge in [-0.1, -0.05) is 49.8 Å². The van der Waals surface area contributed by atoms with Gasteiger partial charge in [0.15, 0.2) is 0 Å². The van der Waals surface area contributed by atoms with Crippen LogP contribution < -0.4 is 0 Å². The number of benzene rings is 1. The van der Waals surface area contributed by atoms with Crippen molar-refractivity contribution in [1.82, 2.24) is 0 Å². The molecule has 1 nitrogen and oxygen atoms in total. The number of allylic oxidation sites excluding steroid dienone is 1. The summed E-state index contributed by atoms with van der Waals surface area (Å²) in [6, 6.07) is 8.60. The van der Waals surface area contributed by atoms with Crippen molar-refractivity contribution in [3.05, 3.63) is 41.0 Å². The molecule has 1 saturated carbocycles. The third kappa shape index (κ3) is 1.56. The Morgan fingerprint density at radius 1 is 1.29 bits per heavy atom. The van der Waals surface area contributed by atoms with Crippen LogP contribution in [0.5, 0.6) is 0 Å². The van der Waals surface area contributed by atoms with Crippen LogP contribution >= 0.6 is 0 Å². The Morgan fingerprint density at radius 3 is 2.82 bits per heavy atom. The molecule has 1 unspecified atom stereocenters. The second kappa shape index (κ2) is 3.56. The van der Waals surface area contributed by atoms with Gasteiger partial charge in [-0.15, -0.1) is 0 Å². The molecule has 0 aliphatic heterocycles. The zero-order valence-electron chi connectivity index (χ0n) is 10.4. The van der Waals surface area contributed by atoms with E-state index in [0.717, 1.165) is 19.1 Å². The van der Waals surface area contributed by atoms with Crippen LogP contribution in [-0.2, 0) is 4.79 Å². The normalized spacial score (nSPS) is 29.2. The van der Waals surface area contributed by atoms with Crippen molar-refractivity contribution in [2.24, 2.45) is 11.3 Å². The summed E-state index contributed by atoms with van der Waals surface area (Å²) in [5.74, 6) is 0.698. The third-order valence-electron chi connectivity index (χ3n) is 4.34. The molecule has 0 aromatic heterocycles. The molecule has 0 N–H and O–H groups in total. The lowest BCUT2D eigenvalue weighted by molar-refractivity contribution is -0.112. The maximum absolute atomic E-state index is 11.1. The second-order valence-electron chi connectivity index (χ2n) is 6.00. The van der Waals surface area contributed by atoms with E-state index in [0.29, 0.717) is 5.92 Å². The first-order valence-corrected chi connectivity index (χ1v) is 6.38. The Kier molecular flexibility index (Phi) is 2.25. The molecule has 2 aliphatic rings. The van der Waals surface area contributed by atoms with E-state index >= 15 is 0 Å². The molecule has 1 fully saturated rings. The maximum atomic E-state index is 11.1. The van der Waals surface area contributed by atoms with Crippen molar-refractivity contribution in [2.45, 2.75) is 32.6 Å². The molecule has 1 aromatic carbocycles. The summed E-state index contributed by atoms with van der Waals surface area (Å²) in [6.07, 6.45) is 5.49. The molecule has 0 saturated heterocycles. The second-order valence-corrected chi connectivity index (χ2v) is 6.00. The van der Waals surface area contributed by atoms with E-state index in [-0.39, 0.29) is 11.3 Å². The first-order chi connectivity index (χ1) is 8.12. The number of hydrogen-bond acceptors (Lipinski definition) is 1. The van der Waals surface area contributed by atoms with Crippen LogP contribution in [0.1, 0.15) is 43.7 Å². The van der Waals surface area contributed by atoms with E-state index in [2.05, 4.69) is 44.2 Å². The van der Waals surface area contributed by atoms with Gasteiger partial charge in [0.1, 0.15) is 6.29 Å².